The van der Waals surface area contributed by atoms with E-state index in [-0.39, 0.29) is 0 Å². The Labute approximate surface area is 122 Å². The van der Waals surface area contributed by atoms with Crippen molar-refractivity contribution in [2.45, 2.75) is 38.8 Å². The van der Waals surface area contributed by atoms with Crippen LogP contribution in [0.5, 0.6) is 0 Å². The second-order valence-electron chi connectivity index (χ2n) is 5.82. The molecule has 2 atom stereocenters. The van der Waals surface area contributed by atoms with Crippen molar-refractivity contribution in [1.82, 2.24) is 0 Å². The Hall–Kier alpha value is -1.95. The fourth-order valence-corrected chi connectivity index (χ4v) is 1.84. The van der Waals surface area contributed by atoms with Crippen LogP contribution in [0.1, 0.15) is 38.8 Å². The lowest BCUT2D eigenvalue weighted by Gasteiger charge is -2.26. The lowest BCUT2D eigenvalue weighted by atomic mass is 9.91. The van der Waals surface area contributed by atoms with Crippen molar-refractivity contribution in [2.75, 3.05) is 0 Å². The molecular formula is C15H20FNO4. The molecule has 0 aliphatic rings. The van der Waals surface area contributed by atoms with E-state index in [1.54, 1.807) is 20.8 Å². The second kappa shape index (κ2) is 6.67. The molecule has 0 aromatic heterocycles. The van der Waals surface area contributed by atoms with E-state index in [0.717, 1.165) is 0 Å². The normalized spacial score (nSPS) is 14.3. The predicted molar refractivity (Wildman–Crippen MR) is 74.9 cm³/mol. The number of rotatable bonds is 5. The Kier molecular flexibility index (Phi) is 5.43. The molecule has 0 fully saturated rings. The minimum absolute atomic E-state index is 0.432. The summed E-state index contributed by atoms with van der Waals surface area (Å²) in [6.45, 7) is 5.06. The van der Waals surface area contributed by atoms with Gasteiger partial charge in [0.25, 0.3) is 0 Å². The third-order valence-electron chi connectivity index (χ3n) is 2.79. The predicted octanol–water partition coefficient (Wildman–Crippen LogP) is 2.26. The van der Waals surface area contributed by atoms with Crippen LogP contribution in [0, 0.1) is 11.7 Å². The molecule has 0 spiro atoms. The van der Waals surface area contributed by atoms with E-state index in [1.165, 1.54) is 24.3 Å². The van der Waals surface area contributed by atoms with Crippen LogP contribution in [0.15, 0.2) is 24.3 Å². The van der Waals surface area contributed by atoms with Crippen LogP contribution in [0.2, 0.25) is 0 Å². The Morgan fingerprint density at radius 1 is 1.29 bits per heavy atom. The molecule has 0 radical (unpaired) electrons. The minimum Gasteiger partial charge on any atom is -0.481 e. The van der Waals surface area contributed by atoms with Gasteiger partial charge in [0.1, 0.15) is 11.4 Å². The molecule has 0 saturated heterocycles. The quantitative estimate of drug-likeness (QED) is 0.814. The van der Waals surface area contributed by atoms with Crippen molar-refractivity contribution in [1.29, 1.82) is 0 Å². The van der Waals surface area contributed by atoms with E-state index in [1.807, 2.05) is 0 Å². The van der Waals surface area contributed by atoms with Gasteiger partial charge in [-0.15, -0.1) is 0 Å². The molecule has 0 saturated carbocycles. The molecule has 0 bridgehead atoms. The Balaban J connectivity index is 2.98. The summed E-state index contributed by atoms with van der Waals surface area (Å²) >= 11 is 0. The summed E-state index contributed by atoms with van der Waals surface area (Å²) < 4.78 is 18.1. The fraction of sp³-hybridized carbons (Fsp3) is 0.467. The highest BCUT2D eigenvalue weighted by atomic mass is 19.1. The molecular weight excluding hydrogens is 277 g/mol. The van der Waals surface area contributed by atoms with Gasteiger partial charge in [0.05, 0.1) is 12.3 Å². The Morgan fingerprint density at radius 3 is 2.24 bits per heavy atom. The van der Waals surface area contributed by atoms with Crippen LogP contribution in [0.3, 0.4) is 0 Å². The maximum absolute atomic E-state index is 12.9. The van der Waals surface area contributed by atoms with Gasteiger partial charge in [0, 0.05) is 6.04 Å². The summed E-state index contributed by atoms with van der Waals surface area (Å²) in [5, 5.41) is 8.95. The molecule has 3 N–H and O–H groups in total. The molecule has 0 amide bonds. The summed E-state index contributed by atoms with van der Waals surface area (Å²) in [4.78, 5) is 23.1. The number of carbonyl (C=O) groups excluding carboxylic acids is 1. The first kappa shape index (κ1) is 17.1. The number of hydrogen-bond acceptors (Lipinski definition) is 4. The molecule has 116 valence electrons. The van der Waals surface area contributed by atoms with Crippen LogP contribution in [-0.4, -0.2) is 22.6 Å². The second-order valence-corrected chi connectivity index (χ2v) is 5.82. The van der Waals surface area contributed by atoms with Gasteiger partial charge in [-0.25, -0.2) is 4.39 Å². The summed E-state index contributed by atoms with van der Waals surface area (Å²) in [5.41, 5.74) is 5.71. The number of ether oxygens (including phenoxy) is 1. The van der Waals surface area contributed by atoms with E-state index < -0.39 is 41.7 Å². The van der Waals surface area contributed by atoms with Gasteiger partial charge in [-0.3, -0.25) is 9.59 Å². The summed E-state index contributed by atoms with van der Waals surface area (Å²) in [6, 6.07) is 4.40. The molecule has 5 nitrogen and oxygen atoms in total. The fourth-order valence-electron chi connectivity index (χ4n) is 1.84. The number of esters is 1. The van der Waals surface area contributed by atoms with Gasteiger partial charge < -0.3 is 15.6 Å². The number of hydrogen-bond donors (Lipinski definition) is 2. The first-order valence-corrected chi connectivity index (χ1v) is 6.56. The molecule has 6 heteroatoms. The number of nitrogens with two attached hydrogens (primary N) is 1. The van der Waals surface area contributed by atoms with Crippen molar-refractivity contribution in [2.24, 2.45) is 11.7 Å². The van der Waals surface area contributed by atoms with Crippen molar-refractivity contribution in [3.8, 4) is 0 Å². The van der Waals surface area contributed by atoms with E-state index in [4.69, 9.17) is 15.6 Å². The molecule has 1 aromatic rings. The van der Waals surface area contributed by atoms with Crippen molar-refractivity contribution in [3.05, 3.63) is 35.6 Å². The van der Waals surface area contributed by atoms with Crippen LogP contribution in [0.25, 0.3) is 0 Å². The van der Waals surface area contributed by atoms with E-state index in [2.05, 4.69) is 0 Å². The summed E-state index contributed by atoms with van der Waals surface area (Å²) in [5.74, 6) is -3.30. The van der Waals surface area contributed by atoms with E-state index >= 15 is 0 Å². The number of carbonyl (C=O) groups is 2. The zero-order chi connectivity index (χ0) is 16.2. The topological polar surface area (TPSA) is 89.6 Å². The number of aliphatic carboxylic acids is 1. The number of carboxylic acid groups (broad SMARTS) is 1. The van der Waals surface area contributed by atoms with Crippen LogP contribution < -0.4 is 5.73 Å². The van der Waals surface area contributed by atoms with Crippen LogP contribution in [0.4, 0.5) is 4.39 Å². The van der Waals surface area contributed by atoms with Crippen molar-refractivity contribution >= 4 is 11.9 Å². The minimum atomic E-state index is -1.15. The average Bonchev–Trinajstić information content (AvgIpc) is 2.33. The molecule has 1 rings (SSSR count). The van der Waals surface area contributed by atoms with E-state index in [0.29, 0.717) is 5.56 Å². The molecule has 0 aliphatic heterocycles. The summed E-state index contributed by atoms with van der Waals surface area (Å²) in [7, 11) is 0. The van der Waals surface area contributed by atoms with E-state index in [9.17, 15) is 14.0 Å². The first-order valence-electron chi connectivity index (χ1n) is 6.56. The lowest BCUT2D eigenvalue weighted by molar-refractivity contribution is -0.163. The van der Waals surface area contributed by atoms with Crippen LogP contribution >= 0.6 is 0 Å². The van der Waals surface area contributed by atoms with Crippen LogP contribution in [-0.2, 0) is 14.3 Å². The van der Waals surface area contributed by atoms with Crippen molar-refractivity contribution in [3.63, 3.8) is 0 Å². The largest absolute Gasteiger partial charge is 0.481 e. The smallest absolute Gasteiger partial charge is 0.311 e. The van der Waals surface area contributed by atoms with Gasteiger partial charge in [0.2, 0.25) is 0 Å². The van der Waals surface area contributed by atoms with Crippen molar-refractivity contribution < 1.29 is 23.8 Å². The molecule has 21 heavy (non-hydrogen) atoms. The number of halogens is 1. The van der Waals surface area contributed by atoms with Gasteiger partial charge in [-0.1, -0.05) is 12.1 Å². The third-order valence-corrected chi connectivity index (χ3v) is 2.79. The molecule has 2 unspecified atom stereocenters. The molecule has 0 heterocycles. The average molecular weight is 297 g/mol. The first-order chi connectivity index (χ1) is 9.60. The van der Waals surface area contributed by atoms with Gasteiger partial charge in [-0.05, 0) is 38.5 Å². The SMILES string of the molecule is CC(C)(C)OC(=O)C(CC(=O)O)C(N)c1ccc(F)cc1. The Morgan fingerprint density at radius 2 is 1.81 bits per heavy atom. The third kappa shape index (κ3) is 5.51. The maximum atomic E-state index is 12.9. The standard InChI is InChI=1S/C15H20FNO4/c1-15(2,3)21-14(20)11(8-12(18)19)13(17)9-4-6-10(16)7-5-9/h4-7,11,13H,8,17H2,1-3H3,(H,18,19). The van der Waals surface area contributed by atoms with Gasteiger partial charge in [0.15, 0.2) is 0 Å². The highest BCUT2D eigenvalue weighted by Crippen LogP contribution is 2.26. The van der Waals surface area contributed by atoms with Gasteiger partial charge >= 0.3 is 11.9 Å². The zero-order valence-electron chi connectivity index (χ0n) is 12.3. The maximum Gasteiger partial charge on any atom is 0.311 e. The Bertz CT molecular complexity index is 507. The zero-order valence-corrected chi connectivity index (χ0v) is 12.3. The monoisotopic (exact) mass is 297 g/mol. The number of carboxylic acids is 1. The highest BCUT2D eigenvalue weighted by molar-refractivity contribution is 5.80. The molecule has 1 aromatic carbocycles. The highest BCUT2D eigenvalue weighted by Gasteiger charge is 2.33. The number of benzene rings is 1. The van der Waals surface area contributed by atoms with Gasteiger partial charge in [-0.2, -0.15) is 0 Å². The summed E-state index contributed by atoms with van der Waals surface area (Å²) in [6.07, 6.45) is -0.451. The lowest BCUT2D eigenvalue weighted by Crippen LogP contribution is -2.36. The molecule has 0 aliphatic carbocycles.